The molecule has 0 spiro atoms. The van der Waals surface area contributed by atoms with Crippen LogP contribution < -0.4 is 0 Å². The molecule has 0 unspecified atom stereocenters. The van der Waals surface area contributed by atoms with Gasteiger partial charge in [-0.3, -0.25) is 0 Å². The third-order valence-electron chi connectivity index (χ3n) is 7.57. The molecule has 0 N–H and O–H groups in total. The van der Waals surface area contributed by atoms with Gasteiger partial charge in [0.05, 0.1) is 0 Å². The van der Waals surface area contributed by atoms with Crippen molar-refractivity contribution in [2.75, 3.05) is 13.6 Å². The molecule has 1 aromatic carbocycles. The zero-order chi connectivity index (χ0) is 19.1. The zero-order valence-electron chi connectivity index (χ0n) is 17.5. The average Bonchev–Trinajstić information content (AvgIpc) is 2.94. The molecule has 144 valence electrons. The first-order chi connectivity index (χ1) is 12.2. The molecular weight excluding hydrogens is 320 g/mol. The fourth-order valence-corrected chi connectivity index (χ4v) is 5.09. The highest BCUT2D eigenvalue weighted by Crippen LogP contribution is 2.51. The predicted molar refractivity (Wildman–Crippen MR) is 109 cm³/mol. The van der Waals surface area contributed by atoms with Crippen LogP contribution in [0.25, 0.3) is 0 Å². The standard InChI is InChI=1S/C23H36N2O/c1-17-11-12-18(2)25(17)21(26)24(6)16-15-23(5)20-10-8-7-9-19(20)13-14-22(23,3)4/h7-10,17-18H,11-16H2,1-6H3/t17-,18+,23-/m0/s1. The van der Waals surface area contributed by atoms with Gasteiger partial charge in [-0.15, -0.1) is 0 Å². The van der Waals surface area contributed by atoms with Crippen LogP contribution in [0, 0.1) is 5.41 Å². The van der Waals surface area contributed by atoms with Crippen molar-refractivity contribution in [3.63, 3.8) is 0 Å². The summed E-state index contributed by atoms with van der Waals surface area (Å²) in [6.07, 6.45) is 5.63. The molecule has 26 heavy (non-hydrogen) atoms. The van der Waals surface area contributed by atoms with Gasteiger partial charge in [0.15, 0.2) is 0 Å². The van der Waals surface area contributed by atoms with E-state index in [9.17, 15) is 4.79 Å². The molecule has 1 heterocycles. The number of nitrogens with zero attached hydrogens (tertiary/aromatic N) is 2. The molecule has 0 saturated carbocycles. The predicted octanol–water partition coefficient (Wildman–Crippen LogP) is 5.23. The van der Waals surface area contributed by atoms with E-state index in [1.807, 2.05) is 11.9 Å². The van der Waals surface area contributed by atoms with Gasteiger partial charge in [-0.2, -0.15) is 0 Å². The molecule has 2 amide bonds. The van der Waals surface area contributed by atoms with E-state index in [0.717, 1.165) is 32.2 Å². The van der Waals surface area contributed by atoms with Gasteiger partial charge < -0.3 is 9.80 Å². The molecule has 0 bridgehead atoms. The summed E-state index contributed by atoms with van der Waals surface area (Å²) in [6.45, 7) is 12.4. The Morgan fingerprint density at radius 1 is 1.15 bits per heavy atom. The quantitative estimate of drug-likeness (QED) is 0.727. The minimum atomic E-state index is 0.0959. The second-order valence-corrected chi connectivity index (χ2v) is 9.51. The lowest BCUT2D eigenvalue weighted by atomic mass is 9.55. The van der Waals surface area contributed by atoms with Gasteiger partial charge in [-0.1, -0.05) is 45.0 Å². The van der Waals surface area contributed by atoms with Crippen LogP contribution in [0.15, 0.2) is 24.3 Å². The van der Waals surface area contributed by atoms with E-state index in [-0.39, 0.29) is 16.9 Å². The van der Waals surface area contributed by atoms with Crippen LogP contribution in [0.1, 0.15) is 71.4 Å². The summed E-state index contributed by atoms with van der Waals surface area (Å²) < 4.78 is 0. The molecule has 0 radical (unpaired) electrons. The highest BCUT2D eigenvalue weighted by molar-refractivity contribution is 5.75. The number of hydrogen-bond acceptors (Lipinski definition) is 1. The fourth-order valence-electron chi connectivity index (χ4n) is 5.09. The fraction of sp³-hybridized carbons (Fsp3) is 0.696. The van der Waals surface area contributed by atoms with Gasteiger partial charge in [0, 0.05) is 25.7 Å². The number of likely N-dealkylation sites (tertiary alicyclic amines) is 1. The highest BCUT2D eigenvalue weighted by Gasteiger charge is 2.46. The van der Waals surface area contributed by atoms with Crippen molar-refractivity contribution >= 4 is 6.03 Å². The number of benzene rings is 1. The second-order valence-electron chi connectivity index (χ2n) is 9.51. The lowest BCUT2D eigenvalue weighted by Gasteiger charge is -2.50. The Balaban J connectivity index is 1.76. The molecule has 1 saturated heterocycles. The molecule has 3 rings (SSSR count). The van der Waals surface area contributed by atoms with Crippen LogP contribution in [0.2, 0.25) is 0 Å². The van der Waals surface area contributed by atoms with E-state index in [0.29, 0.717) is 12.1 Å². The summed E-state index contributed by atoms with van der Waals surface area (Å²) >= 11 is 0. The van der Waals surface area contributed by atoms with Crippen molar-refractivity contribution in [2.24, 2.45) is 5.41 Å². The van der Waals surface area contributed by atoms with Gasteiger partial charge in [-0.05, 0) is 67.9 Å². The Morgan fingerprint density at radius 2 is 1.77 bits per heavy atom. The Labute approximate surface area is 159 Å². The summed E-state index contributed by atoms with van der Waals surface area (Å²) in [5, 5.41) is 0. The average molecular weight is 357 g/mol. The molecule has 1 aliphatic carbocycles. The van der Waals surface area contributed by atoms with E-state index >= 15 is 0 Å². The van der Waals surface area contributed by atoms with Gasteiger partial charge in [0.1, 0.15) is 0 Å². The Morgan fingerprint density at radius 3 is 2.42 bits per heavy atom. The maximum absolute atomic E-state index is 13.0. The molecule has 3 nitrogen and oxygen atoms in total. The maximum atomic E-state index is 13.0. The highest BCUT2D eigenvalue weighted by atomic mass is 16.2. The number of carbonyl (C=O) groups excluding carboxylic acids is 1. The molecule has 0 aromatic heterocycles. The Bertz CT molecular complexity index is 658. The maximum Gasteiger partial charge on any atom is 0.320 e. The van der Waals surface area contributed by atoms with Crippen molar-refractivity contribution in [1.82, 2.24) is 9.80 Å². The van der Waals surface area contributed by atoms with E-state index in [1.54, 1.807) is 0 Å². The van der Waals surface area contributed by atoms with Crippen molar-refractivity contribution in [3.05, 3.63) is 35.4 Å². The van der Waals surface area contributed by atoms with Crippen LogP contribution in [0.5, 0.6) is 0 Å². The first-order valence-electron chi connectivity index (χ1n) is 10.3. The number of hydrogen-bond donors (Lipinski definition) is 0. The number of carbonyl (C=O) groups is 1. The largest absolute Gasteiger partial charge is 0.328 e. The van der Waals surface area contributed by atoms with Crippen LogP contribution in [0.4, 0.5) is 4.79 Å². The Hall–Kier alpha value is -1.51. The zero-order valence-corrected chi connectivity index (χ0v) is 17.5. The monoisotopic (exact) mass is 356 g/mol. The molecular formula is C23H36N2O. The van der Waals surface area contributed by atoms with E-state index in [4.69, 9.17) is 0 Å². The Kier molecular flexibility index (Phi) is 5.11. The van der Waals surface area contributed by atoms with E-state index in [1.165, 1.54) is 17.5 Å². The van der Waals surface area contributed by atoms with Crippen LogP contribution in [-0.2, 0) is 11.8 Å². The van der Waals surface area contributed by atoms with Gasteiger partial charge >= 0.3 is 6.03 Å². The van der Waals surface area contributed by atoms with Gasteiger partial charge in [0.25, 0.3) is 0 Å². The van der Waals surface area contributed by atoms with Crippen LogP contribution in [-0.4, -0.2) is 41.5 Å². The lowest BCUT2D eigenvalue weighted by Crippen LogP contribution is -2.49. The van der Waals surface area contributed by atoms with Gasteiger partial charge in [0.2, 0.25) is 0 Å². The molecule has 3 atom stereocenters. The van der Waals surface area contributed by atoms with Crippen LogP contribution in [0.3, 0.4) is 0 Å². The summed E-state index contributed by atoms with van der Waals surface area (Å²) in [5.74, 6) is 0. The molecule has 1 aliphatic heterocycles. The van der Waals surface area contributed by atoms with E-state index in [2.05, 4.69) is 63.8 Å². The minimum Gasteiger partial charge on any atom is -0.328 e. The number of urea groups is 1. The van der Waals surface area contributed by atoms with Crippen LogP contribution >= 0.6 is 0 Å². The summed E-state index contributed by atoms with van der Waals surface area (Å²) in [6, 6.07) is 9.84. The van der Waals surface area contributed by atoms with Crippen molar-refractivity contribution in [3.8, 4) is 0 Å². The third kappa shape index (κ3) is 3.14. The molecule has 3 heteroatoms. The normalized spacial score (nSPS) is 30.2. The summed E-state index contributed by atoms with van der Waals surface area (Å²) in [4.78, 5) is 17.0. The topological polar surface area (TPSA) is 23.6 Å². The minimum absolute atomic E-state index is 0.0959. The summed E-state index contributed by atoms with van der Waals surface area (Å²) in [5.41, 5.74) is 3.31. The number of rotatable bonds is 3. The van der Waals surface area contributed by atoms with Crippen molar-refractivity contribution < 1.29 is 4.79 Å². The van der Waals surface area contributed by atoms with E-state index < -0.39 is 0 Å². The number of aryl methyl sites for hydroxylation is 1. The lowest BCUT2D eigenvalue weighted by molar-refractivity contribution is 0.112. The first-order valence-corrected chi connectivity index (χ1v) is 10.3. The molecule has 1 fully saturated rings. The second kappa shape index (κ2) is 6.90. The molecule has 1 aromatic rings. The summed E-state index contributed by atoms with van der Waals surface area (Å²) in [7, 11) is 1.98. The number of fused-ring (bicyclic) bond motifs is 1. The first kappa shape index (κ1) is 19.3. The third-order valence-corrected chi connectivity index (χ3v) is 7.57. The SMILES string of the molecule is C[C@@H]1CC[C@H](C)N1C(=O)N(C)CC[C@@]1(C)c2ccccc2CCC1(C)C. The smallest absolute Gasteiger partial charge is 0.320 e. The van der Waals surface area contributed by atoms with Crippen molar-refractivity contribution in [1.29, 1.82) is 0 Å². The van der Waals surface area contributed by atoms with Crippen molar-refractivity contribution in [2.45, 2.75) is 84.2 Å². The number of amides is 2. The van der Waals surface area contributed by atoms with Gasteiger partial charge in [-0.25, -0.2) is 4.79 Å². The molecule has 2 aliphatic rings.